The van der Waals surface area contributed by atoms with E-state index >= 15 is 0 Å². The summed E-state index contributed by atoms with van der Waals surface area (Å²) in [6, 6.07) is 26.6. The SMILES string of the molecule is CC(C)(C)Cc1cccc2c(-c3ncnc4c3oc3cc5ccccc5cc34)[c-]ccc12.CCC(CC)C(=O)/C(C)=C(\O)C(CC)CC.[Ir]. The number of furan rings is 1. The Hall–Kier alpha value is -3.86. The van der Waals surface area contributed by atoms with Gasteiger partial charge in [-0.3, -0.25) is 9.78 Å². The molecule has 5 nitrogen and oxygen atoms in total. The molecule has 0 spiro atoms. The monoisotopic (exact) mass is 834 g/mol. The third-order valence-electron chi connectivity index (χ3n) is 9.50. The van der Waals surface area contributed by atoms with Crippen molar-refractivity contribution in [3.05, 3.63) is 96.0 Å². The molecular weight excluding hydrogens is 785 g/mol. The molecule has 49 heavy (non-hydrogen) atoms. The maximum Gasteiger partial charge on any atom is 0.164 e. The van der Waals surface area contributed by atoms with Crippen LogP contribution in [0.25, 0.3) is 54.9 Å². The van der Waals surface area contributed by atoms with Gasteiger partial charge in [0.1, 0.15) is 28.8 Å². The number of hydrogen-bond acceptors (Lipinski definition) is 5. The Labute approximate surface area is 304 Å². The van der Waals surface area contributed by atoms with E-state index in [4.69, 9.17) is 4.42 Å². The summed E-state index contributed by atoms with van der Waals surface area (Å²) < 4.78 is 6.36. The molecule has 1 radical (unpaired) electrons. The molecule has 0 aliphatic carbocycles. The van der Waals surface area contributed by atoms with Crippen LogP contribution < -0.4 is 0 Å². The fourth-order valence-corrected chi connectivity index (χ4v) is 6.75. The molecule has 4 aromatic carbocycles. The second-order valence-electron chi connectivity index (χ2n) is 14.1. The van der Waals surface area contributed by atoms with Crippen molar-refractivity contribution in [1.29, 1.82) is 0 Å². The van der Waals surface area contributed by atoms with Crippen LogP contribution in [0.2, 0.25) is 0 Å². The van der Waals surface area contributed by atoms with Crippen molar-refractivity contribution >= 4 is 49.4 Å². The van der Waals surface area contributed by atoms with Gasteiger partial charge in [-0.15, -0.1) is 23.8 Å². The maximum atomic E-state index is 12.1. The van der Waals surface area contributed by atoms with E-state index in [0.717, 1.165) is 70.6 Å². The number of hydrogen-bond donors (Lipinski definition) is 1. The zero-order valence-corrected chi connectivity index (χ0v) is 32.5. The standard InChI is InChI=1S/C29H23N2O.C14H26O2.Ir/c1-29(2,3)16-20-10-6-12-22-21(20)11-7-13-23(22)26-28-27(31-17-30-26)24-14-18-8-4-5-9-19(18)15-25(24)32-28;1-6-11(7-2)13(15)10(5)14(16)12(8-3)9-4;/h4-12,14-15,17H,16H2,1-3H3;11-12,15H,6-9H2,1-5H3;/q-1;;/b;13-10-;. The topological polar surface area (TPSA) is 76.2 Å². The number of nitrogens with zero attached hydrogens (tertiary/aromatic N) is 2. The first-order chi connectivity index (χ1) is 23.0. The third-order valence-corrected chi connectivity index (χ3v) is 9.50. The van der Waals surface area contributed by atoms with Crippen molar-refractivity contribution in [2.75, 3.05) is 0 Å². The van der Waals surface area contributed by atoms with Crippen LogP contribution in [0.3, 0.4) is 0 Å². The van der Waals surface area contributed by atoms with Gasteiger partial charge in [-0.1, -0.05) is 107 Å². The molecule has 6 rings (SSSR count). The molecule has 6 heteroatoms. The fourth-order valence-electron chi connectivity index (χ4n) is 6.75. The Morgan fingerprint density at radius 1 is 0.837 bits per heavy atom. The van der Waals surface area contributed by atoms with Crippen LogP contribution in [0.15, 0.2) is 88.8 Å². The first-order valence-electron chi connectivity index (χ1n) is 17.4. The Morgan fingerprint density at radius 3 is 2.12 bits per heavy atom. The van der Waals surface area contributed by atoms with E-state index in [-0.39, 0.29) is 43.1 Å². The summed E-state index contributed by atoms with van der Waals surface area (Å²) >= 11 is 0. The maximum absolute atomic E-state index is 12.1. The number of fused-ring (bicyclic) bond motifs is 5. The number of carbonyl (C=O) groups is 1. The minimum Gasteiger partial charge on any atom is -0.512 e. The van der Waals surface area contributed by atoms with Gasteiger partial charge < -0.3 is 9.52 Å². The molecule has 2 heterocycles. The van der Waals surface area contributed by atoms with Crippen LogP contribution in [0.1, 0.15) is 86.6 Å². The molecular formula is C43H49IrN2O3-. The molecule has 0 fully saturated rings. The second-order valence-corrected chi connectivity index (χ2v) is 14.1. The number of ketones is 1. The molecule has 2 aromatic heterocycles. The summed E-state index contributed by atoms with van der Waals surface area (Å²) in [5.41, 5.74) is 6.23. The second kappa shape index (κ2) is 16.2. The number of aliphatic hydroxyl groups is 1. The summed E-state index contributed by atoms with van der Waals surface area (Å²) in [6.07, 6.45) is 6.11. The largest absolute Gasteiger partial charge is 0.512 e. The molecule has 0 aliphatic rings. The molecule has 0 bridgehead atoms. The summed E-state index contributed by atoms with van der Waals surface area (Å²) in [6.45, 7) is 16.7. The average Bonchev–Trinajstić information content (AvgIpc) is 3.45. The number of benzene rings is 4. The summed E-state index contributed by atoms with van der Waals surface area (Å²) in [4.78, 5) is 21.3. The molecule has 6 aromatic rings. The van der Waals surface area contributed by atoms with Gasteiger partial charge in [0, 0.05) is 48.6 Å². The molecule has 0 amide bonds. The van der Waals surface area contributed by atoms with Crippen LogP contribution in [-0.4, -0.2) is 20.9 Å². The number of aromatic nitrogens is 2. The molecule has 0 saturated heterocycles. The van der Waals surface area contributed by atoms with E-state index in [2.05, 4.69) is 91.4 Å². The van der Waals surface area contributed by atoms with E-state index in [1.807, 2.05) is 39.8 Å². The predicted octanol–water partition coefficient (Wildman–Crippen LogP) is 12.0. The average molecular weight is 834 g/mol. The number of aliphatic hydroxyl groups excluding tert-OH is 1. The normalized spacial score (nSPS) is 12.4. The van der Waals surface area contributed by atoms with E-state index in [9.17, 15) is 9.90 Å². The Bertz CT molecular complexity index is 2100. The van der Waals surface area contributed by atoms with Crippen molar-refractivity contribution in [2.45, 2.75) is 87.5 Å². The Kier molecular flexibility index (Phi) is 12.6. The number of allylic oxidation sites excluding steroid dienone is 2. The van der Waals surface area contributed by atoms with Crippen molar-refractivity contribution in [1.82, 2.24) is 9.97 Å². The number of Topliss-reactive ketones (excluding diaryl/α,β-unsaturated/α-hetero) is 1. The first-order valence-corrected chi connectivity index (χ1v) is 17.4. The summed E-state index contributed by atoms with van der Waals surface area (Å²) in [5, 5.41) is 15.8. The van der Waals surface area contributed by atoms with E-state index in [1.165, 1.54) is 16.3 Å². The van der Waals surface area contributed by atoms with E-state index in [1.54, 1.807) is 13.3 Å². The summed E-state index contributed by atoms with van der Waals surface area (Å²) in [7, 11) is 0. The fraction of sp³-hybridized carbons (Fsp3) is 0.372. The number of carbonyl (C=O) groups excluding carboxylic acids is 1. The van der Waals surface area contributed by atoms with Crippen LogP contribution in [-0.2, 0) is 31.3 Å². The van der Waals surface area contributed by atoms with Gasteiger partial charge in [0.25, 0.3) is 0 Å². The zero-order chi connectivity index (χ0) is 34.6. The van der Waals surface area contributed by atoms with Gasteiger partial charge in [0.15, 0.2) is 5.78 Å². The van der Waals surface area contributed by atoms with E-state index in [0.29, 0.717) is 16.9 Å². The van der Waals surface area contributed by atoms with Crippen LogP contribution in [0.4, 0.5) is 0 Å². The zero-order valence-electron chi connectivity index (χ0n) is 30.1. The van der Waals surface area contributed by atoms with Gasteiger partial charge in [-0.2, -0.15) is 0 Å². The van der Waals surface area contributed by atoms with Crippen molar-refractivity contribution in [2.24, 2.45) is 17.3 Å². The Morgan fingerprint density at radius 2 is 1.49 bits per heavy atom. The van der Waals surface area contributed by atoms with Crippen molar-refractivity contribution < 1.29 is 34.4 Å². The van der Waals surface area contributed by atoms with Crippen LogP contribution in [0.5, 0.6) is 0 Å². The minimum absolute atomic E-state index is 0. The van der Waals surface area contributed by atoms with Gasteiger partial charge in [-0.05, 0) is 67.3 Å². The molecule has 259 valence electrons. The smallest absolute Gasteiger partial charge is 0.164 e. The van der Waals surface area contributed by atoms with E-state index < -0.39 is 0 Å². The molecule has 0 saturated carbocycles. The first kappa shape index (κ1) is 37.9. The van der Waals surface area contributed by atoms with Gasteiger partial charge in [-0.25, -0.2) is 4.98 Å². The van der Waals surface area contributed by atoms with Gasteiger partial charge >= 0.3 is 0 Å². The summed E-state index contributed by atoms with van der Waals surface area (Å²) in [5.74, 6) is 0.631. The van der Waals surface area contributed by atoms with Crippen LogP contribution >= 0.6 is 0 Å². The van der Waals surface area contributed by atoms with Gasteiger partial charge in [0.2, 0.25) is 0 Å². The van der Waals surface area contributed by atoms with Gasteiger partial charge in [0.05, 0.1) is 0 Å². The molecule has 0 atom stereocenters. The third kappa shape index (κ3) is 8.14. The number of rotatable bonds is 9. The predicted molar refractivity (Wildman–Crippen MR) is 200 cm³/mol. The van der Waals surface area contributed by atoms with Crippen molar-refractivity contribution in [3.63, 3.8) is 0 Å². The minimum atomic E-state index is 0. The van der Waals surface area contributed by atoms with Crippen molar-refractivity contribution in [3.8, 4) is 11.3 Å². The molecule has 1 N–H and O–H groups in total. The quantitative estimate of drug-likeness (QED) is 0.0892. The van der Waals surface area contributed by atoms with Crippen LogP contribution in [0, 0.1) is 23.3 Å². The molecule has 0 unspecified atom stereocenters. The Balaban J connectivity index is 0.000000274. The molecule has 0 aliphatic heterocycles.